The zero-order valence-electron chi connectivity index (χ0n) is 10.9. The number of carbonyl (C=O) groups excluding carboxylic acids is 1. The summed E-state index contributed by atoms with van der Waals surface area (Å²) in [6.45, 7) is 4.12. The molecule has 0 aliphatic heterocycles. The molecule has 1 atom stereocenters. The molecular formula is C15H17NOS. The van der Waals surface area contributed by atoms with Crippen LogP contribution in [-0.4, -0.2) is 17.9 Å². The van der Waals surface area contributed by atoms with Crippen LogP contribution in [-0.2, 0) is 0 Å². The number of thiophene rings is 1. The smallest absolute Gasteiger partial charge is 0.264 e. The predicted octanol–water partition coefficient (Wildman–Crippen LogP) is 3.89. The molecule has 3 heteroatoms. The first-order valence-electron chi connectivity index (χ1n) is 5.97. The van der Waals surface area contributed by atoms with E-state index < -0.39 is 0 Å². The van der Waals surface area contributed by atoms with Crippen molar-refractivity contribution in [3.8, 4) is 0 Å². The van der Waals surface area contributed by atoms with Gasteiger partial charge >= 0.3 is 0 Å². The third kappa shape index (κ3) is 2.62. The van der Waals surface area contributed by atoms with Gasteiger partial charge in [0.15, 0.2) is 0 Å². The quantitative estimate of drug-likeness (QED) is 0.819. The molecule has 0 spiro atoms. The second-order valence-corrected chi connectivity index (χ2v) is 5.43. The number of carbonyl (C=O) groups is 1. The maximum Gasteiger partial charge on any atom is 0.264 e. The summed E-state index contributed by atoms with van der Waals surface area (Å²) in [5, 5.41) is 1.93. The molecule has 94 valence electrons. The zero-order chi connectivity index (χ0) is 13.1. The van der Waals surface area contributed by atoms with E-state index in [-0.39, 0.29) is 11.9 Å². The van der Waals surface area contributed by atoms with Gasteiger partial charge in [-0.05, 0) is 30.9 Å². The molecule has 18 heavy (non-hydrogen) atoms. The molecule has 0 saturated carbocycles. The Morgan fingerprint density at radius 1 is 1.22 bits per heavy atom. The lowest BCUT2D eigenvalue weighted by atomic mass is 10.1. The summed E-state index contributed by atoms with van der Waals surface area (Å²) >= 11 is 1.48. The van der Waals surface area contributed by atoms with Crippen LogP contribution >= 0.6 is 11.3 Å². The Hall–Kier alpha value is -1.61. The molecule has 2 aromatic rings. The van der Waals surface area contributed by atoms with E-state index in [4.69, 9.17) is 0 Å². The number of hydrogen-bond acceptors (Lipinski definition) is 2. The molecule has 0 saturated heterocycles. The van der Waals surface area contributed by atoms with Crippen molar-refractivity contribution in [2.24, 2.45) is 0 Å². The van der Waals surface area contributed by atoms with Crippen molar-refractivity contribution in [2.75, 3.05) is 7.05 Å². The van der Waals surface area contributed by atoms with E-state index in [0.717, 1.165) is 10.4 Å². The van der Waals surface area contributed by atoms with Gasteiger partial charge in [0.05, 0.1) is 10.9 Å². The predicted molar refractivity (Wildman–Crippen MR) is 76.0 cm³/mol. The van der Waals surface area contributed by atoms with Crippen molar-refractivity contribution in [2.45, 2.75) is 19.9 Å². The van der Waals surface area contributed by atoms with Gasteiger partial charge in [0.2, 0.25) is 0 Å². The van der Waals surface area contributed by atoms with Crippen LogP contribution in [0.4, 0.5) is 0 Å². The van der Waals surface area contributed by atoms with Crippen molar-refractivity contribution >= 4 is 17.2 Å². The minimum absolute atomic E-state index is 0.0816. The first-order chi connectivity index (χ1) is 8.59. The highest BCUT2D eigenvalue weighted by atomic mass is 32.1. The normalized spacial score (nSPS) is 12.2. The van der Waals surface area contributed by atoms with Crippen molar-refractivity contribution in [1.82, 2.24) is 4.90 Å². The lowest BCUT2D eigenvalue weighted by Gasteiger charge is -2.25. The van der Waals surface area contributed by atoms with E-state index in [0.29, 0.717) is 0 Å². The highest BCUT2D eigenvalue weighted by Crippen LogP contribution is 2.22. The molecule has 0 aliphatic carbocycles. The summed E-state index contributed by atoms with van der Waals surface area (Å²) in [4.78, 5) is 14.8. The van der Waals surface area contributed by atoms with Gasteiger partial charge in [-0.1, -0.05) is 35.9 Å². The number of aryl methyl sites for hydroxylation is 1. The summed E-state index contributed by atoms with van der Waals surface area (Å²) in [5.74, 6) is 0.0816. The van der Waals surface area contributed by atoms with Crippen LogP contribution in [0.1, 0.15) is 33.8 Å². The third-order valence-electron chi connectivity index (χ3n) is 3.19. The Morgan fingerprint density at radius 2 is 1.89 bits per heavy atom. The molecule has 1 aromatic heterocycles. The SMILES string of the molecule is Cc1ccc(C(C)N(C)C(=O)c2cccs2)cc1. The molecular weight excluding hydrogens is 242 g/mol. The number of hydrogen-bond donors (Lipinski definition) is 0. The van der Waals surface area contributed by atoms with Crippen LogP contribution in [0.25, 0.3) is 0 Å². The number of benzene rings is 1. The Morgan fingerprint density at radius 3 is 2.44 bits per heavy atom. The minimum Gasteiger partial charge on any atom is -0.334 e. The molecule has 0 N–H and O–H groups in total. The second kappa shape index (κ2) is 5.36. The van der Waals surface area contributed by atoms with Crippen LogP contribution in [0, 0.1) is 6.92 Å². The van der Waals surface area contributed by atoms with Crippen molar-refractivity contribution in [1.29, 1.82) is 0 Å². The Balaban J connectivity index is 2.16. The van der Waals surface area contributed by atoms with Gasteiger partial charge in [-0.25, -0.2) is 0 Å². The Bertz CT molecular complexity index is 516. The van der Waals surface area contributed by atoms with Crippen molar-refractivity contribution in [3.05, 3.63) is 57.8 Å². The largest absolute Gasteiger partial charge is 0.334 e. The summed E-state index contributed by atoms with van der Waals surface area (Å²) in [7, 11) is 1.85. The van der Waals surface area contributed by atoms with Gasteiger partial charge in [0, 0.05) is 7.05 Å². The van der Waals surface area contributed by atoms with E-state index in [1.54, 1.807) is 4.90 Å². The molecule has 0 bridgehead atoms. The average molecular weight is 259 g/mol. The standard InChI is InChI=1S/C15H17NOS/c1-11-6-8-13(9-7-11)12(2)16(3)15(17)14-5-4-10-18-14/h4-10,12H,1-3H3. The average Bonchev–Trinajstić information content (AvgIpc) is 2.91. The minimum atomic E-state index is 0.0816. The van der Waals surface area contributed by atoms with Gasteiger partial charge in [0.1, 0.15) is 0 Å². The molecule has 1 aromatic carbocycles. The summed E-state index contributed by atoms with van der Waals surface area (Å²) < 4.78 is 0. The van der Waals surface area contributed by atoms with E-state index in [9.17, 15) is 4.79 Å². The van der Waals surface area contributed by atoms with Gasteiger partial charge in [-0.2, -0.15) is 0 Å². The number of nitrogens with zero attached hydrogens (tertiary/aromatic N) is 1. The molecule has 1 heterocycles. The van der Waals surface area contributed by atoms with Crippen LogP contribution in [0.3, 0.4) is 0 Å². The zero-order valence-corrected chi connectivity index (χ0v) is 11.7. The summed E-state index contributed by atoms with van der Waals surface area (Å²) in [6, 6.07) is 12.2. The lowest BCUT2D eigenvalue weighted by molar-refractivity contribution is 0.0747. The molecule has 1 amide bonds. The lowest BCUT2D eigenvalue weighted by Crippen LogP contribution is -2.29. The fourth-order valence-electron chi connectivity index (χ4n) is 1.82. The Kier molecular flexibility index (Phi) is 3.82. The molecule has 0 radical (unpaired) electrons. The molecule has 0 aliphatic rings. The fourth-order valence-corrected chi connectivity index (χ4v) is 2.52. The topological polar surface area (TPSA) is 20.3 Å². The highest BCUT2D eigenvalue weighted by molar-refractivity contribution is 7.12. The number of amides is 1. The summed E-state index contributed by atoms with van der Waals surface area (Å²) in [6.07, 6.45) is 0. The van der Waals surface area contributed by atoms with Crippen LogP contribution in [0.15, 0.2) is 41.8 Å². The van der Waals surface area contributed by atoms with E-state index in [1.807, 2.05) is 24.6 Å². The van der Waals surface area contributed by atoms with E-state index >= 15 is 0 Å². The van der Waals surface area contributed by atoms with Crippen LogP contribution < -0.4 is 0 Å². The van der Waals surface area contributed by atoms with E-state index in [2.05, 4.69) is 38.1 Å². The first-order valence-corrected chi connectivity index (χ1v) is 6.85. The maximum atomic E-state index is 12.2. The fraction of sp³-hybridized carbons (Fsp3) is 0.267. The first kappa shape index (κ1) is 12.8. The van der Waals surface area contributed by atoms with Crippen molar-refractivity contribution < 1.29 is 4.79 Å². The highest BCUT2D eigenvalue weighted by Gasteiger charge is 2.19. The van der Waals surface area contributed by atoms with Gasteiger partial charge in [-0.3, -0.25) is 4.79 Å². The van der Waals surface area contributed by atoms with Crippen molar-refractivity contribution in [3.63, 3.8) is 0 Å². The van der Waals surface area contributed by atoms with E-state index in [1.165, 1.54) is 16.9 Å². The Labute approximate surface area is 112 Å². The maximum absolute atomic E-state index is 12.2. The van der Waals surface area contributed by atoms with Gasteiger partial charge in [0.25, 0.3) is 5.91 Å². The molecule has 2 nitrogen and oxygen atoms in total. The molecule has 2 rings (SSSR count). The molecule has 1 unspecified atom stereocenters. The monoisotopic (exact) mass is 259 g/mol. The second-order valence-electron chi connectivity index (χ2n) is 4.48. The van der Waals surface area contributed by atoms with Gasteiger partial charge < -0.3 is 4.90 Å². The summed E-state index contributed by atoms with van der Waals surface area (Å²) in [5.41, 5.74) is 2.39. The van der Waals surface area contributed by atoms with Crippen LogP contribution in [0.2, 0.25) is 0 Å². The molecule has 0 fully saturated rings. The number of rotatable bonds is 3. The third-order valence-corrected chi connectivity index (χ3v) is 4.05. The van der Waals surface area contributed by atoms with Crippen LogP contribution in [0.5, 0.6) is 0 Å². The van der Waals surface area contributed by atoms with Gasteiger partial charge in [-0.15, -0.1) is 11.3 Å².